The Kier molecular flexibility index (Phi) is 3.96. The summed E-state index contributed by atoms with van der Waals surface area (Å²) in [6.07, 6.45) is 2.14. The lowest BCUT2D eigenvalue weighted by atomic mass is 9.98. The molecule has 4 heteroatoms. The maximum Gasteiger partial charge on any atom is 0.227 e. The summed E-state index contributed by atoms with van der Waals surface area (Å²) >= 11 is 1.68. The van der Waals surface area contributed by atoms with Crippen molar-refractivity contribution in [2.24, 2.45) is 5.92 Å². The molecule has 1 atom stereocenters. The number of rotatable bonds is 3. The SMILES string of the molecule is CN(Cc1ccsc1)C(=O)[C@H]1CCCNC1. The zero-order valence-electron chi connectivity index (χ0n) is 9.61. The third-order valence-corrected chi connectivity index (χ3v) is 3.75. The maximum atomic E-state index is 12.1. The quantitative estimate of drug-likeness (QED) is 0.869. The summed E-state index contributed by atoms with van der Waals surface area (Å²) in [4.78, 5) is 14.0. The zero-order chi connectivity index (χ0) is 11.4. The summed E-state index contributed by atoms with van der Waals surface area (Å²) in [6, 6.07) is 2.08. The van der Waals surface area contributed by atoms with E-state index in [1.807, 2.05) is 11.9 Å². The fourth-order valence-electron chi connectivity index (χ4n) is 2.11. The van der Waals surface area contributed by atoms with Crippen molar-refractivity contribution in [1.29, 1.82) is 0 Å². The van der Waals surface area contributed by atoms with Gasteiger partial charge in [-0.05, 0) is 41.8 Å². The number of nitrogens with one attached hydrogen (secondary N) is 1. The van der Waals surface area contributed by atoms with E-state index in [1.54, 1.807) is 11.3 Å². The molecule has 1 aliphatic heterocycles. The monoisotopic (exact) mass is 238 g/mol. The van der Waals surface area contributed by atoms with Gasteiger partial charge in [-0.15, -0.1) is 0 Å². The molecule has 3 nitrogen and oxygen atoms in total. The van der Waals surface area contributed by atoms with Crippen LogP contribution in [0.2, 0.25) is 0 Å². The molecular weight excluding hydrogens is 220 g/mol. The van der Waals surface area contributed by atoms with Crippen molar-refractivity contribution in [1.82, 2.24) is 10.2 Å². The van der Waals surface area contributed by atoms with E-state index in [2.05, 4.69) is 22.1 Å². The van der Waals surface area contributed by atoms with Crippen molar-refractivity contribution < 1.29 is 4.79 Å². The second kappa shape index (κ2) is 5.46. The molecule has 0 aliphatic carbocycles. The average Bonchev–Trinajstić information content (AvgIpc) is 2.82. The minimum absolute atomic E-state index is 0.178. The average molecular weight is 238 g/mol. The van der Waals surface area contributed by atoms with Gasteiger partial charge in [0, 0.05) is 20.1 Å². The van der Waals surface area contributed by atoms with Crippen LogP contribution in [0, 0.1) is 5.92 Å². The van der Waals surface area contributed by atoms with E-state index in [1.165, 1.54) is 5.56 Å². The lowest BCUT2D eigenvalue weighted by Crippen LogP contribution is -2.41. The topological polar surface area (TPSA) is 32.3 Å². The largest absolute Gasteiger partial charge is 0.341 e. The van der Waals surface area contributed by atoms with E-state index in [9.17, 15) is 4.79 Å². The molecule has 1 aliphatic rings. The first-order valence-electron chi connectivity index (χ1n) is 5.74. The molecule has 0 bridgehead atoms. The van der Waals surface area contributed by atoms with Crippen LogP contribution in [0.4, 0.5) is 0 Å². The molecule has 1 aromatic rings. The van der Waals surface area contributed by atoms with Crippen LogP contribution < -0.4 is 5.32 Å². The molecular formula is C12H18N2OS. The summed E-state index contributed by atoms with van der Waals surface area (Å²) < 4.78 is 0. The van der Waals surface area contributed by atoms with Gasteiger partial charge in [-0.3, -0.25) is 4.79 Å². The molecule has 2 heterocycles. The first kappa shape index (κ1) is 11.6. The first-order chi connectivity index (χ1) is 7.77. The highest BCUT2D eigenvalue weighted by Gasteiger charge is 2.23. The molecule has 0 saturated carbocycles. The van der Waals surface area contributed by atoms with Crippen LogP contribution in [-0.4, -0.2) is 30.9 Å². The van der Waals surface area contributed by atoms with Crippen LogP contribution in [0.15, 0.2) is 16.8 Å². The number of hydrogen-bond donors (Lipinski definition) is 1. The molecule has 1 aromatic heterocycles. The molecule has 2 rings (SSSR count). The van der Waals surface area contributed by atoms with E-state index < -0.39 is 0 Å². The van der Waals surface area contributed by atoms with Gasteiger partial charge in [0.2, 0.25) is 5.91 Å². The van der Waals surface area contributed by atoms with Gasteiger partial charge in [-0.1, -0.05) is 0 Å². The van der Waals surface area contributed by atoms with Crippen molar-refractivity contribution in [2.45, 2.75) is 19.4 Å². The van der Waals surface area contributed by atoms with Crippen LogP contribution >= 0.6 is 11.3 Å². The van der Waals surface area contributed by atoms with Crippen molar-refractivity contribution in [3.05, 3.63) is 22.4 Å². The second-order valence-corrected chi connectivity index (χ2v) is 5.15. The smallest absolute Gasteiger partial charge is 0.227 e. The van der Waals surface area contributed by atoms with Crippen molar-refractivity contribution in [3.63, 3.8) is 0 Å². The van der Waals surface area contributed by atoms with E-state index in [0.29, 0.717) is 0 Å². The normalized spacial score (nSPS) is 20.7. The molecule has 0 radical (unpaired) electrons. The van der Waals surface area contributed by atoms with E-state index >= 15 is 0 Å². The fourth-order valence-corrected chi connectivity index (χ4v) is 2.77. The van der Waals surface area contributed by atoms with Gasteiger partial charge >= 0.3 is 0 Å². The number of piperidine rings is 1. The highest BCUT2D eigenvalue weighted by molar-refractivity contribution is 7.07. The van der Waals surface area contributed by atoms with Gasteiger partial charge in [0.25, 0.3) is 0 Å². The summed E-state index contributed by atoms with van der Waals surface area (Å²) in [6.45, 7) is 2.63. The minimum Gasteiger partial charge on any atom is -0.341 e. The Balaban J connectivity index is 1.88. The lowest BCUT2D eigenvalue weighted by Gasteiger charge is -2.26. The highest BCUT2D eigenvalue weighted by atomic mass is 32.1. The molecule has 16 heavy (non-hydrogen) atoms. The summed E-state index contributed by atoms with van der Waals surface area (Å²) in [5.74, 6) is 0.454. The predicted octanol–water partition coefficient (Wildman–Crippen LogP) is 1.71. The molecule has 1 fully saturated rings. The van der Waals surface area contributed by atoms with Crippen LogP contribution in [0.25, 0.3) is 0 Å². The molecule has 0 unspecified atom stereocenters. The number of carbonyl (C=O) groups excluding carboxylic acids is 1. The molecule has 1 amide bonds. The number of carbonyl (C=O) groups is 1. The Morgan fingerprint density at radius 2 is 2.56 bits per heavy atom. The molecule has 1 saturated heterocycles. The summed E-state index contributed by atoms with van der Waals surface area (Å²) in [5, 5.41) is 7.44. The Bertz CT molecular complexity index is 331. The Morgan fingerprint density at radius 3 is 3.19 bits per heavy atom. The molecule has 1 N–H and O–H groups in total. The van der Waals surface area contributed by atoms with Crippen molar-refractivity contribution in [3.8, 4) is 0 Å². The maximum absolute atomic E-state index is 12.1. The third kappa shape index (κ3) is 2.83. The van der Waals surface area contributed by atoms with Gasteiger partial charge in [0.1, 0.15) is 0 Å². The van der Waals surface area contributed by atoms with E-state index in [4.69, 9.17) is 0 Å². The zero-order valence-corrected chi connectivity index (χ0v) is 10.4. The second-order valence-electron chi connectivity index (χ2n) is 4.37. The number of amides is 1. The number of hydrogen-bond acceptors (Lipinski definition) is 3. The van der Waals surface area contributed by atoms with Gasteiger partial charge in [-0.2, -0.15) is 11.3 Å². The number of nitrogens with zero attached hydrogens (tertiary/aromatic N) is 1. The number of thiophene rings is 1. The predicted molar refractivity (Wildman–Crippen MR) is 66.4 cm³/mol. The molecule has 0 spiro atoms. The van der Waals surface area contributed by atoms with Crippen molar-refractivity contribution >= 4 is 17.2 Å². The Hall–Kier alpha value is -0.870. The van der Waals surface area contributed by atoms with Gasteiger partial charge in [-0.25, -0.2) is 0 Å². The Labute approximate surface area is 100 Å². The van der Waals surface area contributed by atoms with Gasteiger partial charge < -0.3 is 10.2 Å². The first-order valence-corrected chi connectivity index (χ1v) is 6.68. The summed E-state index contributed by atoms with van der Waals surface area (Å²) in [5.41, 5.74) is 1.23. The fraction of sp³-hybridized carbons (Fsp3) is 0.583. The van der Waals surface area contributed by atoms with Crippen LogP contribution in [0.5, 0.6) is 0 Å². The third-order valence-electron chi connectivity index (χ3n) is 3.02. The molecule has 0 aromatic carbocycles. The van der Waals surface area contributed by atoms with Gasteiger partial charge in [0.05, 0.1) is 5.92 Å². The van der Waals surface area contributed by atoms with Crippen LogP contribution in [0.3, 0.4) is 0 Å². The standard InChI is InChI=1S/C12H18N2OS/c1-14(8-10-4-6-16-9-10)12(15)11-3-2-5-13-7-11/h4,6,9,11,13H,2-3,5,7-8H2,1H3/t11-/m0/s1. The van der Waals surface area contributed by atoms with Crippen molar-refractivity contribution in [2.75, 3.05) is 20.1 Å². The van der Waals surface area contributed by atoms with Crippen LogP contribution in [-0.2, 0) is 11.3 Å². The van der Waals surface area contributed by atoms with Gasteiger partial charge in [0.15, 0.2) is 0 Å². The van der Waals surface area contributed by atoms with Crippen LogP contribution in [0.1, 0.15) is 18.4 Å². The highest BCUT2D eigenvalue weighted by Crippen LogP contribution is 2.15. The van der Waals surface area contributed by atoms with E-state index in [0.717, 1.165) is 32.5 Å². The lowest BCUT2D eigenvalue weighted by molar-refractivity contribution is -0.135. The Morgan fingerprint density at radius 1 is 1.69 bits per heavy atom. The van der Waals surface area contributed by atoms with E-state index in [-0.39, 0.29) is 11.8 Å². The molecule has 88 valence electrons. The minimum atomic E-state index is 0.178. The summed E-state index contributed by atoms with van der Waals surface area (Å²) in [7, 11) is 1.90.